The van der Waals surface area contributed by atoms with Crippen LogP contribution in [0.25, 0.3) is 0 Å². The van der Waals surface area contributed by atoms with Gasteiger partial charge in [0.15, 0.2) is 0 Å². The molecule has 7 nitrogen and oxygen atoms in total. The summed E-state index contributed by atoms with van der Waals surface area (Å²) in [6.07, 6.45) is 0.571. The maximum Gasteiger partial charge on any atom is 0.310 e. The molecule has 3 unspecified atom stereocenters. The van der Waals surface area contributed by atoms with Gasteiger partial charge >= 0.3 is 5.97 Å². The van der Waals surface area contributed by atoms with Crippen molar-refractivity contribution < 1.29 is 24.2 Å². The van der Waals surface area contributed by atoms with E-state index in [0.717, 1.165) is 11.1 Å². The Labute approximate surface area is 223 Å². The average Bonchev–Trinajstić information content (AvgIpc) is 3.48. The monoisotopic (exact) mass is 572 g/mol. The minimum absolute atomic E-state index is 0.0327. The van der Waals surface area contributed by atoms with Gasteiger partial charge in [0.1, 0.15) is 6.04 Å². The third-order valence-electron chi connectivity index (χ3n) is 7.54. The van der Waals surface area contributed by atoms with Crippen molar-refractivity contribution in [3.8, 4) is 0 Å². The van der Waals surface area contributed by atoms with Crippen molar-refractivity contribution in [1.29, 1.82) is 0 Å². The van der Waals surface area contributed by atoms with Gasteiger partial charge in [-0.25, -0.2) is 0 Å². The van der Waals surface area contributed by atoms with Gasteiger partial charge in [-0.2, -0.15) is 0 Å². The van der Waals surface area contributed by atoms with Crippen LogP contribution in [-0.2, 0) is 25.7 Å². The number of likely N-dealkylation sites (tertiary alicyclic amines) is 1. The summed E-state index contributed by atoms with van der Waals surface area (Å²) in [6.45, 7) is 1.96. The third kappa shape index (κ3) is 4.05. The van der Waals surface area contributed by atoms with Crippen LogP contribution in [0.5, 0.6) is 0 Å². The van der Waals surface area contributed by atoms with Crippen LogP contribution in [0.15, 0.2) is 60.7 Å². The van der Waals surface area contributed by atoms with Crippen molar-refractivity contribution in [1.82, 2.24) is 10.2 Å². The number of carbonyl (C=O) groups excluding carboxylic acids is 3. The van der Waals surface area contributed by atoms with Gasteiger partial charge in [0, 0.05) is 16.6 Å². The Morgan fingerprint density at radius 2 is 1.86 bits per heavy atom. The first-order valence-electron chi connectivity index (χ1n) is 12.2. The lowest BCUT2D eigenvalue weighted by Crippen LogP contribution is -2.55. The maximum absolute atomic E-state index is 14.2. The summed E-state index contributed by atoms with van der Waals surface area (Å²) in [7, 11) is 0. The van der Waals surface area contributed by atoms with Gasteiger partial charge in [0.2, 0.25) is 11.8 Å². The molecule has 0 saturated carbocycles. The van der Waals surface area contributed by atoms with Crippen LogP contribution in [0, 0.1) is 11.8 Å². The third-order valence-corrected chi connectivity index (χ3v) is 10.8. The van der Waals surface area contributed by atoms with Crippen molar-refractivity contribution in [2.24, 2.45) is 11.8 Å². The van der Waals surface area contributed by atoms with Gasteiger partial charge in [-0.1, -0.05) is 76.6 Å². The summed E-state index contributed by atoms with van der Waals surface area (Å²) < 4.78 is 4.60. The van der Waals surface area contributed by atoms with Crippen molar-refractivity contribution in [2.45, 2.75) is 46.8 Å². The molecule has 190 valence electrons. The number of benzene rings is 2. The smallest absolute Gasteiger partial charge is 0.310 e. The highest BCUT2D eigenvalue weighted by atomic mass is 79.9. The second kappa shape index (κ2) is 10.2. The summed E-state index contributed by atoms with van der Waals surface area (Å²) in [5.41, 5.74) is 1.69. The molecule has 2 N–H and O–H groups in total. The normalized spacial score (nSPS) is 31.2. The number of carbonyl (C=O) groups is 3. The zero-order valence-electron chi connectivity index (χ0n) is 19.9. The van der Waals surface area contributed by atoms with Gasteiger partial charge < -0.3 is 20.1 Å². The molecule has 0 aliphatic carbocycles. The molecule has 9 heteroatoms. The Morgan fingerprint density at radius 3 is 2.50 bits per heavy atom. The molecule has 0 aromatic heterocycles. The number of ether oxygens (including phenoxy) is 1. The first-order chi connectivity index (χ1) is 17.4. The molecule has 1 spiro atoms. The quantitative estimate of drug-likeness (QED) is 0.373. The van der Waals surface area contributed by atoms with Crippen LogP contribution >= 0.6 is 27.7 Å². The molecule has 3 aliphatic rings. The molecular weight excluding hydrogens is 544 g/mol. The van der Waals surface area contributed by atoms with Crippen molar-refractivity contribution in [3.05, 3.63) is 71.8 Å². The summed E-state index contributed by atoms with van der Waals surface area (Å²) in [6, 6.07) is 17.3. The molecule has 7 atom stereocenters. The number of nitrogens with one attached hydrogen (secondary N) is 1. The summed E-state index contributed by atoms with van der Waals surface area (Å²) in [5.74, 6) is -2.28. The number of esters is 1. The molecule has 2 bridgehead atoms. The molecular formula is C27H29BrN2O5S. The lowest BCUT2D eigenvalue weighted by Gasteiger charge is -2.37. The Bertz CT molecular complexity index is 1140. The lowest BCUT2D eigenvalue weighted by molar-refractivity contribution is -0.154. The summed E-state index contributed by atoms with van der Waals surface area (Å²) in [5, 5.41) is 13.4. The zero-order valence-corrected chi connectivity index (χ0v) is 22.3. The van der Waals surface area contributed by atoms with Gasteiger partial charge in [-0.15, -0.1) is 11.8 Å². The molecule has 5 rings (SSSR count). The molecule has 3 heterocycles. The van der Waals surface area contributed by atoms with Crippen molar-refractivity contribution in [2.75, 3.05) is 13.2 Å². The van der Waals surface area contributed by atoms with Crippen molar-refractivity contribution >= 4 is 45.5 Å². The maximum atomic E-state index is 14.2. The van der Waals surface area contributed by atoms with Gasteiger partial charge in [0.25, 0.3) is 0 Å². The van der Waals surface area contributed by atoms with E-state index in [4.69, 9.17) is 4.74 Å². The number of aliphatic hydroxyl groups excluding tert-OH is 1. The van der Waals surface area contributed by atoms with E-state index in [-0.39, 0.29) is 35.1 Å². The van der Waals surface area contributed by atoms with E-state index in [9.17, 15) is 19.5 Å². The van der Waals surface area contributed by atoms with Crippen LogP contribution in [0.2, 0.25) is 0 Å². The Morgan fingerprint density at radius 1 is 1.19 bits per heavy atom. The largest absolute Gasteiger partial charge is 0.466 e. The number of nitrogens with zero attached hydrogens (tertiary/aromatic N) is 1. The number of hydrogen-bond acceptors (Lipinski definition) is 6. The Hall–Kier alpha value is -2.36. The minimum atomic E-state index is -0.842. The number of hydrogen-bond donors (Lipinski definition) is 2. The molecule has 2 aromatic carbocycles. The number of halogens is 1. The lowest BCUT2D eigenvalue weighted by atomic mass is 9.71. The number of fused-ring (bicyclic) bond motifs is 1. The predicted octanol–water partition coefficient (Wildman–Crippen LogP) is 3.06. The number of amides is 2. The molecule has 0 radical (unpaired) electrons. The van der Waals surface area contributed by atoms with Crippen LogP contribution < -0.4 is 5.32 Å². The van der Waals surface area contributed by atoms with E-state index in [1.165, 1.54) is 0 Å². The number of aliphatic hydroxyl groups is 1. The Balaban J connectivity index is 1.56. The highest BCUT2D eigenvalue weighted by Gasteiger charge is 2.76. The number of alkyl halides is 1. The second-order valence-corrected chi connectivity index (χ2v) is 12.2. The van der Waals surface area contributed by atoms with Gasteiger partial charge in [-0.3, -0.25) is 14.4 Å². The summed E-state index contributed by atoms with van der Waals surface area (Å²) in [4.78, 5) is 42.7. The van der Waals surface area contributed by atoms with E-state index in [1.54, 1.807) is 23.6 Å². The minimum Gasteiger partial charge on any atom is -0.466 e. The highest BCUT2D eigenvalue weighted by molar-refractivity contribution is 9.09. The second-order valence-electron chi connectivity index (χ2n) is 9.47. The van der Waals surface area contributed by atoms with Crippen LogP contribution in [0.3, 0.4) is 0 Å². The van der Waals surface area contributed by atoms with E-state index >= 15 is 0 Å². The SMILES string of the molecule is CCOC(=O)[C@H]1[C@H]2C(=O)N([C@H](CO)c3ccccc3)C(C(=O)NCc3ccccc3)C23CC(Br)[C@@H]1S3. The molecule has 36 heavy (non-hydrogen) atoms. The topological polar surface area (TPSA) is 95.9 Å². The van der Waals surface area contributed by atoms with Gasteiger partial charge in [0.05, 0.1) is 35.8 Å². The molecule has 3 fully saturated rings. The predicted molar refractivity (Wildman–Crippen MR) is 140 cm³/mol. The fraction of sp³-hybridized carbons (Fsp3) is 0.444. The fourth-order valence-corrected chi connectivity index (χ4v) is 9.71. The van der Waals surface area contributed by atoms with E-state index in [1.807, 2.05) is 60.7 Å². The fourth-order valence-electron chi connectivity index (χ4n) is 6.12. The summed E-state index contributed by atoms with van der Waals surface area (Å²) >= 11 is 5.29. The van der Waals surface area contributed by atoms with Crippen LogP contribution in [-0.4, -0.2) is 61.9 Å². The molecule has 2 aromatic rings. The number of thioether (sulfide) groups is 1. The number of rotatable bonds is 8. The van der Waals surface area contributed by atoms with Crippen LogP contribution in [0.1, 0.15) is 30.5 Å². The van der Waals surface area contributed by atoms with Crippen molar-refractivity contribution in [3.63, 3.8) is 0 Å². The zero-order chi connectivity index (χ0) is 25.4. The van der Waals surface area contributed by atoms with Gasteiger partial charge in [-0.05, 0) is 24.5 Å². The highest BCUT2D eigenvalue weighted by Crippen LogP contribution is 2.68. The first-order valence-corrected chi connectivity index (χ1v) is 14.0. The molecule has 3 saturated heterocycles. The molecule has 2 amide bonds. The molecule has 3 aliphatic heterocycles. The van der Waals surface area contributed by atoms with E-state index < -0.39 is 34.6 Å². The standard InChI is InChI=1S/C27H29BrN2O5S/c1-2-35-26(34)20-21-25(33)30(19(15-31)17-11-7-4-8-12-17)23(27(21)13-18(28)22(20)36-27)24(32)29-14-16-9-5-3-6-10-16/h3-12,18-23,31H,2,13-15H2,1H3,(H,29,32)/t18?,19-,20+,21+,22+,23?,27?/m1/s1. The Kier molecular flexibility index (Phi) is 7.16. The first kappa shape index (κ1) is 25.3. The van der Waals surface area contributed by atoms with E-state index in [2.05, 4.69) is 21.2 Å². The van der Waals surface area contributed by atoms with E-state index in [0.29, 0.717) is 13.0 Å². The average molecular weight is 574 g/mol. The van der Waals surface area contributed by atoms with Crippen LogP contribution in [0.4, 0.5) is 0 Å².